The number of rotatable bonds is 6. The number of furan rings is 1. The number of H-pyrrole nitrogens is 1. The van der Waals surface area contributed by atoms with Crippen molar-refractivity contribution < 1.29 is 13.9 Å². The van der Waals surface area contributed by atoms with Gasteiger partial charge in [0.25, 0.3) is 5.91 Å². The maximum atomic E-state index is 13.0. The Morgan fingerprint density at radius 2 is 2.07 bits per heavy atom. The van der Waals surface area contributed by atoms with Crippen LogP contribution >= 0.6 is 0 Å². The van der Waals surface area contributed by atoms with Crippen molar-refractivity contribution in [1.82, 2.24) is 20.2 Å². The number of ether oxygens (including phenoxy) is 1. The summed E-state index contributed by atoms with van der Waals surface area (Å²) in [6.45, 7) is 5.37. The molecule has 0 saturated carbocycles. The van der Waals surface area contributed by atoms with Gasteiger partial charge in [0.05, 0.1) is 24.8 Å². The number of carbonyl (C=O) groups is 1. The molecule has 0 aliphatic carbocycles. The fourth-order valence-corrected chi connectivity index (χ4v) is 3.52. The molecule has 1 aliphatic heterocycles. The van der Waals surface area contributed by atoms with Crippen LogP contribution < -0.4 is 5.32 Å². The summed E-state index contributed by atoms with van der Waals surface area (Å²) in [5.41, 5.74) is 1.37. The van der Waals surface area contributed by atoms with E-state index in [1.54, 1.807) is 12.4 Å². The molecule has 1 aliphatic rings. The molecule has 7 nitrogen and oxygen atoms in total. The van der Waals surface area contributed by atoms with E-state index in [2.05, 4.69) is 20.2 Å². The normalized spacial score (nSPS) is 16.0. The molecule has 1 atom stereocenters. The zero-order valence-corrected chi connectivity index (χ0v) is 15.9. The van der Waals surface area contributed by atoms with Gasteiger partial charge < -0.3 is 19.5 Å². The van der Waals surface area contributed by atoms with Gasteiger partial charge in [-0.05, 0) is 25.1 Å². The van der Waals surface area contributed by atoms with E-state index in [0.717, 1.165) is 30.2 Å². The Labute approximate surface area is 163 Å². The molecule has 1 saturated heterocycles. The number of nitrogens with zero attached hydrogens (tertiary/aromatic N) is 2. The van der Waals surface area contributed by atoms with E-state index in [0.29, 0.717) is 31.1 Å². The predicted octanol–water partition coefficient (Wildman–Crippen LogP) is 2.78. The van der Waals surface area contributed by atoms with Crippen LogP contribution in [0.1, 0.15) is 27.9 Å². The first-order chi connectivity index (χ1) is 13.7. The highest BCUT2D eigenvalue weighted by molar-refractivity contribution is 6.00. The van der Waals surface area contributed by atoms with Gasteiger partial charge >= 0.3 is 0 Å². The molecule has 1 unspecified atom stereocenters. The average Bonchev–Trinajstić information content (AvgIpc) is 3.41. The first-order valence-electron chi connectivity index (χ1n) is 9.47. The zero-order chi connectivity index (χ0) is 19.3. The van der Waals surface area contributed by atoms with E-state index < -0.39 is 0 Å². The molecule has 146 valence electrons. The summed E-state index contributed by atoms with van der Waals surface area (Å²) in [7, 11) is 0. The number of amides is 1. The van der Waals surface area contributed by atoms with E-state index in [1.807, 2.05) is 43.3 Å². The van der Waals surface area contributed by atoms with Crippen LogP contribution in [0.25, 0.3) is 11.4 Å². The summed E-state index contributed by atoms with van der Waals surface area (Å²) in [5, 5.41) is 3.08. The standard InChI is InChI=1S/C21H24N4O3/c1-15-6-7-19(28-15)18(25-10-12-27-13-11-25)14-24-21(26)17-5-3-2-4-16(17)20-22-8-9-23-20/h2-9,18H,10-14H2,1H3,(H,22,23)(H,24,26). The number of aromatic nitrogens is 2. The number of benzene rings is 1. The summed E-state index contributed by atoms with van der Waals surface area (Å²) >= 11 is 0. The van der Waals surface area contributed by atoms with Gasteiger partial charge in [-0.1, -0.05) is 18.2 Å². The molecule has 4 rings (SSSR count). The van der Waals surface area contributed by atoms with Crippen molar-refractivity contribution >= 4 is 5.91 Å². The van der Waals surface area contributed by atoms with Crippen LogP contribution in [0, 0.1) is 6.92 Å². The molecule has 0 radical (unpaired) electrons. The lowest BCUT2D eigenvalue weighted by Gasteiger charge is -2.33. The fraction of sp³-hybridized carbons (Fsp3) is 0.333. The summed E-state index contributed by atoms with van der Waals surface area (Å²) in [6, 6.07) is 11.4. The molecule has 3 heterocycles. The van der Waals surface area contributed by atoms with Gasteiger partial charge in [-0.3, -0.25) is 9.69 Å². The highest BCUT2D eigenvalue weighted by atomic mass is 16.5. The number of hydrogen-bond acceptors (Lipinski definition) is 5. The first kappa shape index (κ1) is 18.5. The SMILES string of the molecule is Cc1ccc(C(CNC(=O)c2ccccc2-c2ncc[nH]2)N2CCOCC2)o1. The fourth-order valence-electron chi connectivity index (χ4n) is 3.52. The Balaban J connectivity index is 1.52. The molecule has 1 amide bonds. The second-order valence-electron chi connectivity index (χ2n) is 6.81. The predicted molar refractivity (Wildman–Crippen MR) is 105 cm³/mol. The Morgan fingerprint density at radius 3 is 2.79 bits per heavy atom. The Bertz CT molecular complexity index is 913. The third-order valence-corrected chi connectivity index (χ3v) is 4.96. The Kier molecular flexibility index (Phi) is 5.55. The van der Waals surface area contributed by atoms with Crippen LogP contribution in [0.2, 0.25) is 0 Å². The largest absolute Gasteiger partial charge is 0.465 e. The summed E-state index contributed by atoms with van der Waals surface area (Å²) in [6.07, 6.45) is 3.43. The highest BCUT2D eigenvalue weighted by Crippen LogP contribution is 2.24. The number of imidazole rings is 1. The van der Waals surface area contributed by atoms with E-state index >= 15 is 0 Å². The highest BCUT2D eigenvalue weighted by Gasteiger charge is 2.26. The third-order valence-electron chi connectivity index (χ3n) is 4.96. The lowest BCUT2D eigenvalue weighted by molar-refractivity contribution is 0.0117. The van der Waals surface area contributed by atoms with Gasteiger partial charge in [0.15, 0.2) is 0 Å². The molecular formula is C21H24N4O3. The Morgan fingerprint density at radius 1 is 1.25 bits per heavy atom. The van der Waals surface area contributed by atoms with Crippen LogP contribution in [-0.2, 0) is 4.74 Å². The lowest BCUT2D eigenvalue weighted by atomic mass is 10.1. The van der Waals surface area contributed by atoms with E-state index in [-0.39, 0.29) is 11.9 Å². The minimum absolute atomic E-state index is 0.0303. The maximum absolute atomic E-state index is 13.0. The quantitative estimate of drug-likeness (QED) is 0.687. The van der Waals surface area contributed by atoms with Crippen molar-refractivity contribution in [1.29, 1.82) is 0 Å². The van der Waals surface area contributed by atoms with Crippen molar-refractivity contribution in [2.75, 3.05) is 32.8 Å². The molecule has 3 aromatic rings. The van der Waals surface area contributed by atoms with Crippen molar-refractivity contribution in [2.24, 2.45) is 0 Å². The van der Waals surface area contributed by atoms with Crippen LogP contribution in [0.5, 0.6) is 0 Å². The zero-order valence-electron chi connectivity index (χ0n) is 15.9. The first-order valence-corrected chi connectivity index (χ1v) is 9.47. The molecule has 1 fully saturated rings. The number of carbonyl (C=O) groups excluding carboxylic acids is 1. The molecule has 0 bridgehead atoms. The second kappa shape index (κ2) is 8.41. The molecule has 0 spiro atoms. The summed E-state index contributed by atoms with van der Waals surface area (Å²) in [4.78, 5) is 22.6. The minimum Gasteiger partial charge on any atom is -0.465 e. The second-order valence-corrected chi connectivity index (χ2v) is 6.81. The van der Waals surface area contributed by atoms with Crippen LogP contribution in [-0.4, -0.2) is 53.6 Å². The van der Waals surface area contributed by atoms with Gasteiger partial charge in [0, 0.05) is 37.6 Å². The van der Waals surface area contributed by atoms with E-state index in [4.69, 9.17) is 9.15 Å². The molecule has 1 aromatic carbocycles. The molecule has 2 aromatic heterocycles. The van der Waals surface area contributed by atoms with Gasteiger partial charge in [-0.15, -0.1) is 0 Å². The maximum Gasteiger partial charge on any atom is 0.252 e. The number of aryl methyl sites for hydroxylation is 1. The van der Waals surface area contributed by atoms with E-state index in [1.165, 1.54) is 0 Å². The lowest BCUT2D eigenvalue weighted by Crippen LogP contribution is -2.43. The molecule has 28 heavy (non-hydrogen) atoms. The van der Waals surface area contributed by atoms with Gasteiger partial charge in [-0.25, -0.2) is 4.98 Å². The van der Waals surface area contributed by atoms with Crippen LogP contribution in [0.3, 0.4) is 0 Å². The minimum atomic E-state index is -0.131. The third kappa shape index (κ3) is 4.00. The molecule has 7 heteroatoms. The average molecular weight is 380 g/mol. The molecular weight excluding hydrogens is 356 g/mol. The number of hydrogen-bond donors (Lipinski definition) is 2. The van der Waals surface area contributed by atoms with Gasteiger partial charge in [0.1, 0.15) is 17.3 Å². The Hall–Kier alpha value is -2.90. The monoisotopic (exact) mass is 380 g/mol. The van der Waals surface area contributed by atoms with Gasteiger partial charge in [-0.2, -0.15) is 0 Å². The van der Waals surface area contributed by atoms with Crippen molar-refractivity contribution in [3.05, 3.63) is 65.9 Å². The van der Waals surface area contributed by atoms with Crippen molar-refractivity contribution in [3.63, 3.8) is 0 Å². The summed E-state index contributed by atoms with van der Waals surface area (Å²) < 4.78 is 11.3. The van der Waals surface area contributed by atoms with Crippen molar-refractivity contribution in [2.45, 2.75) is 13.0 Å². The van der Waals surface area contributed by atoms with Gasteiger partial charge in [0.2, 0.25) is 0 Å². The summed E-state index contributed by atoms with van der Waals surface area (Å²) in [5.74, 6) is 2.27. The molecule has 2 N–H and O–H groups in total. The van der Waals surface area contributed by atoms with Crippen LogP contribution in [0.15, 0.2) is 53.2 Å². The smallest absolute Gasteiger partial charge is 0.252 e. The van der Waals surface area contributed by atoms with Crippen LogP contribution in [0.4, 0.5) is 0 Å². The topological polar surface area (TPSA) is 83.4 Å². The number of morpholine rings is 1. The number of aromatic amines is 1. The van der Waals surface area contributed by atoms with Crippen molar-refractivity contribution in [3.8, 4) is 11.4 Å². The van der Waals surface area contributed by atoms with E-state index in [9.17, 15) is 4.79 Å². The number of nitrogens with one attached hydrogen (secondary N) is 2.